The molecule has 0 unspecified atom stereocenters. The first kappa shape index (κ1) is 15.1. The molecule has 2 rings (SSSR count). The van der Waals surface area contributed by atoms with E-state index in [4.69, 9.17) is 5.26 Å². The first-order valence-electron chi connectivity index (χ1n) is 6.44. The lowest BCUT2D eigenvalue weighted by atomic mass is 10.1. The van der Waals surface area contributed by atoms with E-state index >= 15 is 0 Å². The molecule has 0 saturated carbocycles. The van der Waals surface area contributed by atoms with Crippen molar-refractivity contribution in [1.82, 2.24) is 0 Å². The van der Waals surface area contributed by atoms with Crippen LogP contribution in [-0.4, -0.2) is 8.42 Å². The highest BCUT2D eigenvalue weighted by Crippen LogP contribution is 2.20. The molecule has 0 amide bonds. The third-order valence-corrected chi connectivity index (χ3v) is 4.77. The number of hydrogen-bond acceptors (Lipinski definition) is 3. The summed E-state index contributed by atoms with van der Waals surface area (Å²) in [5.74, 6) is 0. The van der Waals surface area contributed by atoms with Crippen molar-refractivity contribution in [2.45, 2.75) is 25.7 Å². The van der Waals surface area contributed by atoms with Gasteiger partial charge in [-0.3, -0.25) is 4.72 Å². The fourth-order valence-electron chi connectivity index (χ4n) is 1.95. The monoisotopic (exact) mass is 300 g/mol. The molecule has 0 saturated heterocycles. The fourth-order valence-corrected chi connectivity index (χ4v) is 3.08. The second-order valence-corrected chi connectivity index (χ2v) is 6.68. The number of nitriles is 1. The summed E-state index contributed by atoms with van der Waals surface area (Å²) in [5, 5.41) is 8.89. The smallest absolute Gasteiger partial charge is 0.261 e. The highest BCUT2D eigenvalue weighted by molar-refractivity contribution is 7.92. The van der Waals surface area contributed by atoms with Crippen molar-refractivity contribution >= 4 is 15.7 Å². The maximum Gasteiger partial charge on any atom is 0.261 e. The number of nitrogens with zero attached hydrogens (tertiary/aromatic N) is 1. The second kappa shape index (κ2) is 5.58. The number of benzene rings is 2. The minimum atomic E-state index is -3.65. The van der Waals surface area contributed by atoms with Gasteiger partial charge < -0.3 is 0 Å². The van der Waals surface area contributed by atoms with Gasteiger partial charge in [0.1, 0.15) is 0 Å². The van der Waals surface area contributed by atoms with Crippen molar-refractivity contribution in [3.8, 4) is 6.07 Å². The molecule has 0 bridgehead atoms. The maximum absolute atomic E-state index is 12.4. The van der Waals surface area contributed by atoms with E-state index in [1.807, 2.05) is 26.0 Å². The summed E-state index contributed by atoms with van der Waals surface area (Å²) in [4.78, 5) is 0.150. The summed E-state index contributed by atoms with van der Waals surface area (Å²) in [5.41, 5.74) is 3.76. The lowest BCUT2D eigenvalue weighted by Crippen LogP contribution is -2.13. The van der Waals surface area contributed by atoms with Crippen LogP contribution < -0.4 is 4.72 Å². The van der Waals surface area contributed by atoms with Gasteiger partial charge in [0.25, 0.3) is 10.0 Å². The van der Waals surface area contributed by atoms with Gasteiger partial charge in [-0.15, -0.1) is 0 Å². The van der Waals surface area contributed by atoms with Crippen LogP contribution in [0.1, 0.15) is 22.3 Å². The summed E-state index contributed by atoms with van der Waals surface area (Å²) in [6.45, 7) is 5.62. The summed E-state index contributed by atoms with van der Waals surface area (Å²) < 4.78 is 27.3. The molecule has 4 nitrogen and oxygen atoms in total. The molecule has 0 spiro atoms. The predicted molar refractivity (Wildman–Crippen MR) is 82.6 cm³/mol. The molecule has 0 aliphatic carbocycles. The average molecular weight is 300 g/mol. The summed E-state index contributed by atoms with van der Waals surface area (Å²) in [7, 11) is -3.65. The zero-order valence-corrected chi connectivity index (χ0v) is 13.0. The van der Waals surface area contributed by atoms with Crippen LogP contribution in [0.5, 0.6) is 0 Å². The molecule has 5 heteroatoms. The van der Waals surface area contributed by atoms with Crippen LogP contribution in [0.25, 0.3) is 0 Å². The number of aryl methyl sites for hydroxylation is 3. The van der Waals surface area contributed by atoms with Crippen LogP contribution in [0.15, 0.2) is 41.3 Å². The van der Waals surface area contributed by atoms with E-state index in [-0.39, 0.29) is 4.90 Å². The van der Waals surface area contributed by atoms with E-state index in [0.29, 0.717) is 16.8 Å². The molecule has 2 aromatic carbocycles. The van der Waals surface area contributed by atoms with Crippen molar-refractivity contribution in [2.24, 2.45) is 0 Å². The summed E-state index contributed by atoms with van der Waals surface area (Å²) >= 11 is 0. The van der Waals surface area contributed by atoms with Gasteiger partial charge in [-0.25, -0.2) is 8.42 Å². The first-order chi connectivity index (χ1) is 9.83. The van der Waals surface area contributed by atoms with Crippen molar-refractivity contribution in [2.75, 3.05) is 4.72 Å². The van der Waals surface area contributed by atoms with Crippen LogP contribution in [0.4, 0.5) is 5.69 Å². The lowest BCUT2D eigenvalue weighted by Gasteiger charge is -2.10. The Balaban J connectivity index is 2.36. The Bertz CT molecular complexity index is 834. The Morgan fingerprint density at radius 1 is 0.952 bits per heavy atom. The third kappa shape index (κ3) is 3.23. The predicted octanol–water partition coefficient (Wildman–Crippen LogP) is 3.28. The van der Waals surface area contributed by atoms with Gasteiger partial charge in [-0.2, -0.15) is 5.26 Å². The molecule has 21 heavy (non-hydrogen) atoms. The summed E-state index contributed by atoms with van der Waals surface area (Å²) in [6.07, 6.45) is 0. The van der Waals surface area contributed by atoms with Crippen molar-refractivity contribution in [1.29, 1.82) is 5.26 Å². The van der Waals surface area contributed by atoms with E-state index in [0.717, 1.165) is 11.1 Å². The highest BCUT2D eigenvalue weighted by atomic mass is 32.2. The number of sulfonamides is 1. The quantitative estimate of drug-likeness (QED) is 0.945. The molecular formula is C16H16N2O2S. The highest BCUT2D eigenvalue weighted by Gasteiger charge is 2.15. The molecular weight excluding hydrogens is 284 g/mol. The SMILES string of the molecule is Cc1ccc(NS(=O)(=O)c2ccc(C#N)c(C)c2)cc1C. The zero-order valence-electron chi connectivity index (χ0n) is 12.1. The lowest BCUT2D eigenvalue weighted by molar-refractivity contribution is 0.601. The van der Waals surface area contributed by atoms with E-state index in [1.165, 1.54) is 18.2 Å². The Kier molecular flexibility index (Phi) is 4.01. The van der Waals surface area contributed by atoms with E-state index in [2.05, 4.69) is 4.72 Å². The van der Waals surface area contributed by atoms with Crippen LogP contribution in [0, 0.1) is 32.1 Å². The molecule has 0 radical (unpaired) electrons. The fraction of sp³-hybridized carbons (Fsp3) is 0.188. The maximum atomic E-state index is 12.4. The molecule has 2 aromatic rings. The van der Waals surface area contributed by atoms with Crippen LogP contribution in [-0.2, 0) is 10.0 Å². The van der Waals surface area contributed by atoms with E-state index in [9.17, 15) is 8.42 Å². The van der Waals surface area contributed by atoms with Gasteiger partial charge in [-0.05, 0) is 67.8 Å². The van der Waals surface area contributed by atoms with Gasteiger partial charge in [0.05, 0.1) is 16.5 Å². The average Bonchev–Trinajstić information content (AvgIpc) is 2.42. The minimum Gasteiger partial charge on any atom is -0.280 e. The Labute approximate surface area is 125 Å². The molecule has 108 valence electrons. The normalized spacial score (nSPS) is 11.0. The Morgan fingerprint density at radius 3 is 2.24 bits per heavy atom. The molecule has 1 N–H and O–H groups in total. The molecule has 0 aliphatic heterocycles. The number of rotatable bonds is 3. The minimum absolute atomic E-state index is 0.150. The standard InChI is InChI=1S/C16H16N2O2S/c1-11-4-6-15(8-12(11)2)18-21(19,20)16-7-5-14(10-17)13(3)9-16/h4-9,18H,1-3H3. The van der Waals surface area contributed by atoms with Gasteiger partial charge >= 0.3 is 0 Å². The first-order valence-corrected chi connectivity index (χ1v) is 7.92. The summed E-state index contributed by atoms with van der Waals surface area (Å²) in [6, 6.07) is 11.9. The molecule has 0 fully saturated rings. The van der Waals surface area contributed by atoms with Gasteiger partial charge in [0.15, 0.2) is 0 Å². The van der Waals surface area contributed by atoms with Crippen LogP contribution in [0.3, 0.4) is 0 Å². The largest absolute Gasteiger partial charge is 0.280 e. The topological polar surface area (TPSA) is 70.0 Å². The van der Waals surface area contributed by atoms with Gasteiger partial charge in [0.2, 0.25) is 0 Å². The van der Waals surface area contributed by atoms with Crippen LogP contribution in [0.2, 0.25) is 0 Å². The van der Waals surface area contributed by atoms with Crippen molar-refractivity contribution in [3.05, 3.63) is 58.7 Å². The van der Waals surface area contributed by atoms with Crippen LogP contribution >= 0.6 is 0 Å². The molecule has 0 aliphatic rings. The Morgan fingerprint density at radius 2 is 1.67 bits per heavy atom. The zero-order chi connectivity index (χ0) is 15.6. The number of nitrogens with one attached hydrogen (secondary N) is 1. The third-order valence-electron chi connectivity index (χ3n) is 3.39. The van der Waals surface area contributed by atoms with Crippen molar-refractivity contribution in [3.63, 3.8) is 0 Å². The van der Waals surface area contributed by atoms with Gasteiger partial charge in [0, 0.05) is 5.69 Å². The number of anilines is 1. The van der Waals surface area contributed by atoms with E-state index in [1.54, 1.807) is 19.1 Å². The molecule has 0 aromatic heterocycles. The molecule has 0 atom stereocenters. The van der Waals surface area contributed by atoms with E-state index < -0.39 is 10.0 Å². The molecule has 0 heterocycles. The second-order valence-electron chi connectivity index (χ2n) is 4.99. The Hall–Kier alpha value is -2.32. The van der Waals surface area contributed by atoms with Gasteiger partial charge in [-0.1, -0.05) is 6.07 Å². The number of hydrogen-bond donors (Lipinski definition) is 1. The van der Waals surface area contributed by atoms with Crippen molar-refractivity contribution < 1.29 is 8.42 Å².